The van der Waals surface area contributed by atoms with Crippen molar-refractivity contribution >= 4 is 22.9 Å². The molecule has 0 radical (unpaired) electrons. The van der Waals surface area contributed by atoms with Crippen molar-refractivity contribution in [2.75, 3.05) is 6.61 Å². The molecular formula is C13H21ClN2OS. The zero-order valence-electron chi connectivity index (χ0n) is 10.7. The van der Waals surface area contributed by atoms with Gasteiger partial charge in [-0.15, -0.1) is 11.3 Å². The van der Waals surface area contributed by atoms with Crippen LogP contribution in [0.4, 0.5) is 0 Å². The van der Waals surface area contributed by atoms with Crippen LogP contribution >= 0.6 is 22.9 Å². The number of nitrogens with one attached hydrogen (secondary N) is 1. The molecule has 0 aromatic carbocycles. The van der Waals surface area contributed by atoms with Gasteiger partial charge < -0.3 is 4.74 Å². The van der Waals surface area contributed by atoms with Crippen LogP contribution in [0.25, 0.3) is 0 Å². The van der Waals surface area contributed by atoms with Gasteiger partial charge in [0.1, 0.15) is 0 Å². The van der Waals surface area contributed by atoms with Crippen LogP contribution in [0.1, 0.15) is 31.1 Å². The molecule has 1 aromatic heterocycles. The second kappa shape index (κ2) is 6.87. The van der Waals surface area contributed by atoms with Gasteiger partial charge in [-0.1, -0.05) is 11.6 Å². The molecule has 3 nitrogen and oxygen atoms in total. The summed E-state index contributed by atoms with van der Waals surface area (Å²) >= 11 is 7.57. The number of hydrazine groups is 1. The lowest BCUT2D eigenvalue weighted by Gasteiger charge is -2.36. The first kappa shape index (κ1) is 14.3. The molecule has 1 heterocycles. The van der Waals surface area contributed by atoms with Crippen molar-refractivity contribution in [2.24, 2.45) is 11.8 Å². The average molecular weight is 289 g/mol. The van der Waals surface area contributed by atoms with Crippen LogP contribution in [-0.4, -0.2) is 18.8 Å². The summed E-state index contributed by atoms with van der Waals surface area (Å²) in [5.41, 5.74) is 2.93. The van der Waals surface area contributed by atoms with E-state index in [-0.39, 0.29) is 0 Å². The number of rotatable bonds is 7. The lowest BCUT2D eigenvalue weighted by molar-refractivity contribution is -0.0290. The van der Waals surface area contributed by atoms with Crippen molar-refractivity contribution in [1.82, 2.24) is 5.43 Å². The SMILES string of the molecule is CCOC1CC(CC(Cc2ccc(Cl)s2)NN)C1. The monoisotopic (exact) mass is 288 g/mol. The highest BCUT2D eigenvalue weighted by atomic mass is 35.5. The Morgan fingerprint density at radius 2 is 2.33 bits per heavy atom. The Bertz CT molecular complexity index is 366. The molecule has 1 fully saturated rings. The van der Waals surface area contributed by atoms with Gasteiger partial charge >= 0.3 is 0 Å². The zero-order valence-corrected chi connectivity index (χ0v) is 12.3. The third kappa shape index (κ3) is 3.93. The molecule has 0 saturated heterocycles. The van der Waals surface area contributed by atoms with Crippen LogP contribution in [0, 0.1) is 5.92 Å². The van der Waals surface area contributed by atoms with Gasteiger partial charge in [-0.2, -0.15) is 0 Å². The minimum atomic E-state index is 0.340. The molecule has 0 spiro atoms. The van der Waals surface area contributed by atoms with Crippen molar-refractivity contribution < 1.29 is 4.74 Å². The van der Waals surface area contributed by atoms with E-state index in [0.29, 0.717) is 12.1 Å². The van der Waals surface area contributed by atoms with E-state index in [0.717, 1.165) is 29.7 Å². The topological polar surface area (TPSA) is 47.3 Å². The minimum absolute atomic E-state index is 0.340. The Labute approximate surface area is 118 Å². The third-order valence-corrected chi connectivity index (χ3v) is 4.78. The molecular weight excluding hydrogens is 268 g/mol. The highest BCUT2D eigenvalue weighted by Gasteiger charge is 2.31. The molecule has 0 bridgehead atoms. The molecule has 0 amide bonds. The van der Waals surface area contributed by atoms with Crippen LogP contribution < -0.4 is 11.3 Å². The highest BCUT2D eigenvalue weighted by molar-refractivity contribution is 7.16. The standard InChI is InChI=1S/C13H21ClN2OS/c1-2-17-11-6-9(7-11)5-10(16-15)8-12-3-4-13(14)18-12/h3-4,9-11,16H,2,5-8,15H2,1H3. The number of ether oxygens (including phenoxy) is 1. The molecule has 2 rings (SSSR count). The number of hydrogen-bond acceptors (Lipinski definition) is 4. The predicted octanol–water partition coefficient (Wildman–Crippen LogP) is 2.98. The highest BCUT2D eigenvalue weighted by Crippen LogP contribution is 2.34. The van der Waals surface area contributed by atoms with E-state index in [2.05, 4.69) is 18.4 Å². The average Bonchev–Trinajstić information content (AvgIpc) is 2.70. The summed E-state index contributed by atoms with van der Waals surface area (Å²) in [6.45, 7) is 2.88. The van der Waals surface area contributed by atoms with E-state index >= 15 is 0 Å². The van der Waals surface area contributed by atoms with E-state index in [1.807, 2.05) is 6.07 Å². The van der Waals surface area contributed by atoms with E-state index in [1.165, 1.54) is 17.7 Å². The summed E-state index contributed by atoms with van der Waals surface area (Å²) in [6.07, 6.45) is 4.92. The van der Waals surface area contributed by atoms with Gasteiger partial charge in [-0.05, 0) is 50.7 Å². The lowest BCUT2D eigenvalue weighted by atomic mass is 9.78. The molecule has 1 aliphatic carbocycles. The van der Waals surface area contributed by atoms with Crippen molar-refractivity contribution in [3.8, 4) is 0 Å². The third-order valence-electron chi connectivity index (χ3n) is 3.52. The first-order valence-corrected chi connectivity index (χ1v) is 7.72. The Morgan fingerprint density at radius 3 is 2.89 bits per heavy atom. The minimum Gasteiger partial charge on any atom is -0.378 e. The first-order chi connectivity index (χ1) is 8.71. The predicted molar refractivity (Wildman–Crippen MR) is 76.9 cm³/mol. The van der Waals surface area contributed by atoms with Gasteiger partial charge in [-0.3, -0.25) is 11.3 Å². The summed E-state index contributed by atoms with van der Waals surface area (Å²) in [5.74, 6) is 6.39. The van der Waals surface area contributed by atoms with Crippen LogP contribution in [0.2, 0.25) is 4.34 Å². The van der Waals surface area contributed by atoms with Gasteiger partial charge in [0.2, 0.25) is 0 Å². The fourth-order valence-electron chi connectivity index (χ4n) is 2.56. The fraction of sp³-hybridized carbons (Fsp3) is 0.692. The van der Waals surface area contributed by atoms with Crippen molar-refractivity contribution in [1.29, 1.82) is 0 Å². The Kier molecular flexibility index (Phi) is 5.45. The summed E-state index contributed by atoms with van der Waals surface area (Å²) in [5, 5.41) is 0. The molecule has 1 aromatic rings. The van der Waals surface area contributed by atoms with E-state index in [1.54, 1.807) is 11.3 Å². The maximum atomic E-state index is 5.94. The Balaban J connectivity index is 1.73. The molecule has 18 heavy (non-hydrogen) atoms. The van der Waals surface area contributed by atoms with Crippen molar-refractivity contribution in [3.05, 3.63) is 21.3 Å². The smallest absolute Gasteiger partial charge is 0.0931 e. The maximum Gasteiger partial charge on any atom is 0.0931 e. The number of thiophene rings is 1. The molecule has 0 aliphatic heterocycles. The van der Waals surface area contributed by atoms with Crippen LogP contribution in [0.15, 0.2) is 12.1 Å². The van der Waals surface area contributed by atoms with Gasteiger partial charge in [0.15, 0.2) is 0 Å². The molecule has 1 atom stereocenters. The molecule has 1 unspecified atom stereocenters. The molecule has 1 aliphatic rings. The van der Waals surface area contributed by atoms with E-state index in [4.69, 9.17) is 22.2 Å². The zero-order chi connectivity index (χ0) is 13.0. The van der Waals surface area contributed by atoms with Crippen LogP contribution in [-0.2, 0) is 11.2 Å². The number of hydrogen-bond donors (Lipinski definition) is 2. The first-order valence-electron chi connectivity index (χ1n) is 6.53. The largest absolute Gasteiger partial charge is 0.378 e. The maximum absolute atomic E-state index is 5.94. The lowest BCUT2D eigenvalue weighted by Crippen LogP contribution is -2.42. The van der Waals surface area contributed by atoms with Gasteiger partial charge in [-0.25, -0.2) is 0 Å². The van der Waals surface area contributed by atoms with E-state index < -0.39 is 0 Å². The van der Waals surface area contributed by atoms with Crippen LogP contribution in [0.3, 0.4) is 0 Å². The van der Waals surface area contributed by atoms with Crippen molar-refractivity contribution in [2.45, 2.75) is 44.8 Å². The summed E-state index contributed by atoms with van der Waals surface area (Å²) < 4.78 is 6.43. The quantitative estimate of drug-likeness (QED) is 0.599. The summed E-state index contributed by atoms with van der Waals surface area (Å²) in [6, 6.07) is 4.37. The molecule has 1 saturated carbocycles. The van der Waals surface area contributed by atoms with E-state index in [9.17, 15) is 0 Å². The normalized spacial score (nSPS) is 24.8. The molecule has 5 heteroatoms. The Hall–Kier alpha value is -0.130. The molecule has 102 valence electrons. The molecule has 3 N–H and O–H groups in total. The fourth-order valence-corrected chi connectivity index (χ4v) is 3.72. The number of nitrogens with two attached hydrogens (primary N) is 1. The van der Waals surface area contributed by atoms with Gasteiger partial charge in [0, 0.05) is 17.5 Å². The summed E-state index contributed by atoms with van der Waals surface area (Å²) in [4.78, 5) is 1.30. The Morgan fingerprint density at radius 1 is 1.56 bits per heavy atom. The van der Waals surface area contributed by atoms with Crippen molar-refractivity contribution in [3.63, 3.8) is 0 Å². The number of halogens is 1. The summed E-state index contributed by atoms with van der Waals surface area (Å²) in [7, 11) is 0. The second-order valence-electron chi connectivity index (χ2n) is 4.92. The van der Waals surface area contributed by atoms with Crippen LogP contribution in [0.5, 0.6) is 0 Å². The van der Waals surface area contributed by atoms with Gasteiger partial charge in [0.25, 0.3) is 0 Å². The second-order valence-corrected chi connectivity index (χ2v) is 6.72. The van der Waals surface area contributed by atoms with Gasteiger partial charge in [0.05, 0.1) is 10.4 Å².